The van der Waals surface area contributed by atoms with Gasteiger partial charge in [-0.2, -0.15) is 0 Å². The van der Waals surface area contributed by atoms with Gasteiger partial charge in [0.25, 0.3) is 0 Å². The minimum absolute atomic E-state index is 0.148. The van der Waals surface area contributed by atoms with Crippen molar-refractivity contribution in [3.05, 3.63) is 11.6 Å². The van der Waals surface area contributed by atoms with E-state index in [0.717, 1.165) is 24.8 Å². The Bertz CT molecular complexity index is 410. The van der Waals surface area contributed by atoms with E-state index in [9.17, 15) is 14.7 Å². The molecule has 17 heavy (non-hydrogen) atoms. The van der Waals surface area contributed by atoms with Gasteiger partial charge in [0.2, 0.25) is 0 Å². The van der Waals surface area contributed by atoms with Gasteiger partial charge in [0.1, 0.15) is 5.78 Å². The Kier molecular flexibility index (Phi) is 2.47. The van der Waals surface area contributed by atoms with E-state index in [1.807, 2.05) is 0 Å². The number of allylic oxidation sites excluding steroid dienone is 1. The van der Waals surface area contributed by atoms with Crippen LogP contribution >= 0.6 is 0 Å². The first-order chi connectivity index (χ1) is 8.09. The monoisotopic (exact) mass is 234 g/mol. The number of hydrogen-bond acceptors (Lipinski definition) is 3. The molecule has 3 heteroatoms. The van der Waals surface area contributed by atoms with Crippen LogP contribution < -0.4 is 0 Å². The smallest absolute Gasteiger partial charge is 0.155 e. The third-order valence-corrected chi connectivity index (χ3v) is 4.83. The fraction of sp³-hybridized carbons (Fsp3) is 0.714. The van der Waals surface area contributed by atoms with Crippen molar-refractivity contribution in [2.24, 2.45) is 11.8 Å². The number of hydrogen-bond donors (Lipinski definition) is 1. The topological polar surface area (TPSA) is 54.4 Å². The van der Waals surface area contributed by atoms with E-state index in [2.05, 4.69) is 0 Å². The molecule has 0 amide bonds. The molecule has 0 radical (unpaired) electrons. The third kappa shape index (κ3) is 1.68. The van der Waals surface area contributed by atoms with Gasteiger partial charge in [0.05, 0.1) is 5.60 Å². The summed E-state index contributed by atoms with van der Waals surface area (Å²) < 4.78 is 0. The lowest BCUT2D eigenvalue weighted by Gasteiger charge is -2.49. The van der Waals surface area contributed by atoms with E-state index in [1.165, 1.54) is 0 Å². The average Bonchev–Trinajstić information content (AvgIpc) is 2.30. The molecule has 0 spiro atoms. The Labute approximate surface area is 101 Å². The highest BCUT2D eigenvalue weighted by Crippen LogP contribution is 2.50. The largest absolute Gasteiger partial charge is 0.385 e. The van der Waals surface area contributed by atoms with Gasteiger partial charge in [-0.3, -0.25) is 9.59 Å². The fourth-order valence-corrected chi connectivity index (χ4v) is 3.94. The Morgan fingerprint density at radius 1 is 1.18 bits per heavy atom. The van der Waals surface area contributed by atoms with Crippen molar-refractivity contribution in [2.45, 2.75) is 50.5 Å². The van der Waals surface area contributed by atoms with E-state index in [4.69, 9.17) is 0 Å². The van der Waals surface area contributed by atoms with Gasteiger partial charge >= 0.3 is 0 Å². The molecule has 2 fully saturated rings. The molecule has 0 aromatic rings. The molecule has 0 aromatic heterocycles. The zero-order valence-corrected chi connectivity index (χ0v) is 9.95. The molecule has 3 rings (SSSR count). The molecule has 0 bridgehead atoms. The van der Waals surface area contributed by atoms with Crippen LogP contribution in [0.3, 0.4) is 0 Å². The van der Waals surface area contributed by atoms with Crippen LogP contribution in [0.25, 0.3) is 0 Å². The summed E-state index contributed by atoms with van der Waals surface area (Å²) in [6.07, 6.45) is 6.46. The maximum absolute atomic E-state index is 11.5. The molecule has 0 saturated heterocycles. The molecular weight excluding hydrogens is 216 g/mol. The van der Waals surface area contributed by atoms with Crippen molar-refractivity contribution in [3.8, 4) is 0 Å². The second-order valence-corrected chi connectivity index (χ2v) is 5.75. The van der Waals surface area contributed by atoms with Gasteiger partial charge in [-0.1, -0.05) is 0 Å². The summed E-state index contributed by atoms with van der Waals surface area (Å²) in [6.45, 7) is 0. The zero-order valence-electron chi connectivity index (χ0n) is 9.95. The second-order valence-electron chi connectivity index (χ2n) is 5.75. The van der Waals surface area contributed by atoms with Crippen LogP contribution in [0.2, 0.25) is 0 Å². The van der Waals surface area contributed by atoms with E-state index in [-0.39, 0.29) is 11.7 Å². The molecular formula is C14H18O3. The van der Waals surface area contributed by atoms with Crippen molar-refractivity contribution >= 4 is 11.6 Å². The van der Waals surface area contributed by atoms with Crippen LogP contribution in [-0.4, -0.2) is 22.3 Å². The molecule has 3 unspecified atom stereocenters. The molecule has 1 N–H and O–H groups in total. The molecule has 3 atom stereocenters. The molecule has 2 saturated carbocycles. The lowest BCUT2D eigenvalue weighted by atomic mass is 9.58. The first-order valence-corrected chi connectivity index (χ1v) is 6.57. The standard InChI is InChI=1S/C14H18O3/c15-11-3-4-13-9(7-11)1-2-10-8-12(16)5-6-14(10,13)17/h8-9,13,17H,1-7H2. The summed E-state index contributed by atoms with van der Waals surface area (Å²) in [7, 11) is 0. The van der Waals surface area contributed by atoms with Gasteiger partial charge in [-0.05, 0) is 49.2 Å². The number of carbonyl (C=O) groups is 2. The fourth-order valence-electron chi connectivity index (χ4n) is 3.94. The lowest BCUT2D eigenvalue weighted by molar-refractivity contribution is -0.130. The Morgan fingerprint density at radius 2 is 2.00 bits per heavy atom. The highest BCUT2D eigenvalue weighted by Gasteiger charge is 2.50. The third-order valence-electron chi connectivity index (χ3n) is 4.83. The van der Waals surface area contributed by atoms with Gasteiger partial charge in [0.15, 0.2) is 5.78 Å². The minimum atomic E-state index is -0.780. The summed E-state index contributed by atoms with van der Waals surface area (Å²) >= 11 is 0. The lowest BCUT2D eigenvalue weighted by Crippen LogP contribution is -2.51. The zero-order chi connectivity index (χ0) is 12.0. The number of carbonyl (C=O) groups excluding carboxylic acids is 2. The first kappa shape index (κ1) is 11.1. The number of aliphatic hydroxyl groups is 1. The molecule has 0 aromatic carbocycles. The van der Waals surface area contributed by atoms with Crippen LogP contribution in [0.4, 0.5) is 0 Å². The number of fused-ring (bicyclic) bond motifs is 3. The first-order valence-electron chi connectivity index (χ1n) is 6.57. The van der Waals surface area contributed by atoms with Gasteiger partial charge in [-0.15, -0.1) is 0 Å². The van der Waals surface area contributed by atoms with Crippen LogP contribution in [0.1, 0.15) is 44.9 Å². The quantitative estimate of drug-likeness (QED) is 0.695. The highest BCUT2D eigenvalue weighted by molar-refractivity contribution is 5.92. The van der Waals surface area contributed by atoms with Crippen LogP contribution in [0, 0.1) is 11.8 Å². The molecule has 3 aliphatic carbocycles. The normalized spacial score (nSPS) is 41.6. The minimum Gasteiger partial charge on any atom is -0.385 e. The molecule has 0 heterocycles. The maximum atomic E-state index is 11.5. The summed E-state index contributed by atoms with van der Waals surface area (Å²) in [6, 6.07) is 0. The molecule has 92 valence electrons. The van der Waals surface area contributed by atoms with Crippen LogP contribution in [0.5, 0.6) is 0 Å². The summed E-state index contributed by atoms with van der Waals surface area (Å²) in [5, 5.41) is 10.9. The SMILES string of the molecule is O=C1C=C2CCC3CC(=O)CCC3C2(O)CC1. The average molecular weight is 234 g/mol. The predicted molar refractivity (Wildman–Crippen MR) is 62.3 cm³/mol. The van der Waals surface area contributed by atoms with Crippen molar-refractivity contribution in [1.82, 2.24) is 0 Å². The number of ketones is 2. The Morgan fingerprint density at radius 3 is 2.82 bits per heavy atom. The van der Waals surface area contributed by atoms with Crippen molar-refractivity contribution in [1.29, 1.82) is 0 Å². The summed E-state index contributed by atoms with van der Waals surface area (Å²) in [4.78, 5) is 22.9. The second kappa shape index (κ2) is 3.77. The molecule has 3 aliphatic rings. The summed E-state index contributed by atoms with van der Waals surface area (Å²) in [5.74, 6) is 1.03. The Balaban J connectivity index is 1.93. The predicted octanol–water partition coefficient (Wildman–Crippen LogP) is 1.79. The number of rotatable bonds is 0. The highest BCUT2D eigenvalue weighted by atomic mass is 16.3. The maximum Gasteiger partial charge on any atom is 0.155 e. The van der Waals surface area contributed by atoms with E-state index >= 15 is 0 Å². The van der Waals surface area contributed by atoms with Gasteiger partial charge in [-0.25, -0.2) is 0 Å². The number of Topliss-reactive ketones (excluding diaryl/α,β-unsaturated/α-hetero) is 1. The van der Waals surface area contributed by atoms with Crippen molar-refractivity contribution in [3.63, 3.8) is 0 Å². The van der Waals surface area contributed by atoms with Crippen LogP contribution in [0.15, 0.2) is 11.6 Å². The molecule has 0 aliphatic heterocycles. The Hall–Kier alpha value is -0.960. The van der Waals surface area contributed by atoms with Gasteiger partial charge in [0, 0.05) is 19.3 Å². The van der Waals surface area contributed by atoms with Crippen LogP contribution in [-0.2, 0) is 9.59 Å². The van der Waals surface area contributed by atoms with Gasteiger partial charge < -0.3 is 5.11 Å². The van der Waals surface area contributed by atoms with E-state index in [1.54, 1.807) is 6.08 Å². The van der Waals surface area contributed by atoms with Crippen molar-refractivity contribution < 1.29 is 14.7 Å². The summed E-state index contributed by atoms with van der Waals surface area (Å²) in [5.41, 5.74) is 0.154. The molecule has 3 nitrogen and oxygen atoms in total. The van der Waals surface area contributed by atoms with Crippen molar-refractivity contribution in [2.75, 3.05) is 0 Å². The van der Waals surface area contributed by atoms with E-state index < -0.39 is 5.60 Å². The van der Waals surface area contributed by atoms with E-state index in [0.29, 0.717) is 37.4 Å².